The number of aryl methyl sites for hydroxylation is 1. The van der Waals surface area contributed by atoms with Crippen molar-refractivity contribution in [1.82, 2.24) is 19.0 Å². The fraction of sp³-hybridized carbons (Fsp3) is 0.368. The van der Waals surface area contributed by atoms with Crippen molar-refractivity contribution in [3.05, 3.63) is 60.6 Å². The minimum atomic E-state index is -0.443. The highest BCUT2D eigenvalue weighted by atomic mass is 32.1. The largest absolute Gasteiger partial charge is 0.332 e. The van der Waals surface area contributed by atoms with E-state index in [9.17, 15) is 14.4 Å². The van der Waals surface area contributed by atoms with Gasteiger partial charge in [-0.05, 0) is 35.9 Å². The number of carbonyl (C=O) groups is 1. The number of rotatable bonds is 2. The van der Waals surface area contributed by atoms with Gasteiger partial charge >= 0.3 is 5.69 Å². The quantitative estimate of drug-likeness (QED) is 0.676. The molecule has 0 N–H and O–H groups in total. The number of carbonyl (C=O) groups excluding carboxylic acids is 1. The maximum atomic E-state index is 13.2. The molecule has 0 aliphatic carbocycles. The van der Waals surface area contributed by atoms with Crippen LogP contribution in [-0.2, 0) is 20.5 Å². The summed E-state index contributed by atoms with van der Waals surface area (Å²) < 4.78 is 2.35. The molecular weight excluding hydrogens is 364 g/mol. The third-order valence-electron chi connectivity index (χ3n) is 5.28. The van der Waals surface area contributed by atoms with Crippen LogP contribution in [0.1, 0.15) is 40.2 Å². The number of amides is 1. The van der Waals surface area contributed by atoms with E-state index in [0.717, 1.165) is 17.4 Å². The van der Waals surface area contributed by atoms with E-state index in [1.807, 2.05) is 4.90 Å². The summed E-state index contributed by atoms with van der Waals surface area (Å²) in [5.74, 6) is -0.135. The highest BCUT2D eigenvalue weighted by molar-refractivity contribution is 7.10. The summed E-state index contributed by atoms with van der Waals surface area (Å²) in [7, 11) is 2.99. The zero-order valence-corrected chi connectivity index (χ0v) is 16.2. The lowest BCUT2D eigenvalue weighted by atomic mass is 9.97. The Morgan fingerprint density at radius 3 is 2.81 bits per heavy atom. The standard InChI is InChI=1S/C19H20N4O3S/c1-4-14-12-6-8-27-15(12)5-7-23(14)17(24)11-9-13-16(20-10-11)21(2)19(26)22(3)18(13)25/h6,8-10,14H,4-5,7H2,1-3H3. The third-order valence-corrected chi connectivity index (χ3v) is 6.28. The van der Waals surface area contributed by atoms with Crippen LogP contribution in [0.4, 0.5) is 0 Å². The molecule has 0 saturated carbocycles. The van der Waals surface area contributed by atoms with Crippen molar-refractivity contribution in [3.8, 4) is 0 Å². The number of nitrogens with zero attached hydrogens (tertiary/aromatic N) is 4. The SMILES string of the molecule is CCC1c2ccsc2CCN1C(=O)c1cnc2c(c1)c(=O)n(C)c(=O)n2C. The topological polar surface area (TPSA) is 77.2 Å². The van der Waals surface area contributed by atoms with E-state index < -0.39 is 11.2 Å². The molecule has 1 aliphatic rings. The summed E-state index contributed by atoms with van der Waals surface area (Å²) in [6.45, 7) is 2.72. The van der Waals surface area contributed by atoms with Crippen molar-refractivity contribution >= 4 is 28.3 Å². The average molecular weight is 384 g/mol. The molecule has 0 aromatic carbocycles. The van der Waals surface area contributed by atoms with Crippen LogP contribution >= 0.6 is 11.3 Å². The summed E-state index contributed by atoms with van der Waals surface area (Å²) >= 11 is 1.74. The molecule has 0 bridgehead atoms. The van der Waals surface area contributed by atoms with E-state index in [1.54, 1.807) is 24.5 Å². The zero-order valence-electron chi connectivity index (χ0n) is 15.4. The van der Waals surface area contributed by atoms with E-state index in [2.05, 4.69) is 23.4 Å². The van der Waals surface area contributed by atoms with Crippen LogP contribution in [0, 0.1) is 0 Å². The van der Waals surface area contributed by atoms with Crippen molar-refractivity contribution in [3.63, 3.8) is 0 Å². The summed E-state index contributed by atoms with van der Waals surface area (Å²) in [6.07, 6.45) is 3.12. The van der Waals surface area contributed by atoms with Gasteiger partial charge in [-0.3, -0.25) is 18.7 Å². The summed E-state index contributed by atoms with van der Waals surface area (Å²) in [5, 5.41) is 2.34. The molecule has 0 fully saturated rings. The first-order valence-electron chi connectivity index (χ1n) is 8.87. The molecule has 3 aromatic heterocycles. The predicted octanol–water partition coefficient (Wildman–Crippen LogP) is 1.84. The first kappa shape index (κ1) is 17.7. The van der Waals surface area contributed by atoms with Gasteiger partial charge < -0.3 is 4.90 Å². The second kappa shape index (κ2) is 6.45. The van der Waals surface area contributed by atoms with Crippen molar-refractivity contribution < 1.29 is 4.79 Å². The Kier molecular flexibility index (Phi) is 4.22. The van der Waals surface area contributed by atoms with Gasteiger partial charge in [-0.2, -0.15) is 0 Å². The van der Waals surface area contributed by atoms with E-state index in [0.29, 0.717) is 12.1 Å². The number of aromatic nitrogens is 3. The normalized spacial score (nSPS) is 16.6. The second-order valence-electron chi connectivity index (χ2n) is 6.77. The summed E-state index contributed by atoms with van der Waals surface area (Å²) in [6, 6.07) is 3.69. The summed E-state index contributed by atoms with van der Waals surface area (Å²) in [5.41, 5.74) is 0.988. The lowest BCUT2D eigenvalue weighted by Gasteiger charge is -2.35. The van der Waals surface area contributed by atoms with Gasteiger partial charge in [-0.15, -0.1) is 11.3 Å². The Hall–Kier alpha value is -2.74. The van der Waals surface area contributed by atoms with Crippen molar-refractivity contribution in [1.29, 1.82) is 0 Å². The predicted molar refractivity (Wildman–Crippen MR) is 104 cm³/mol. The van der Waals surface area contributed by atoms with Gasteiger partial charge in [-0.1, -0.05) is 6.92 Å². The lowest BCUT2D eigenvalue weighted by Crippen LogP contribution is -2.40. The van der Waals surface area contributed by atoms with Crippen LogP contribution in [0.2, 0.25) is 0 Å². The highest BCUT2D eigenvalue weighted by Crippen LogP contribution is 2.36. The molecule has 140 valence electrons. The number of thiophene rings is 1. The maximum Gasteiger partial charge on any atom is 0.332 e. The first-order chi connectivity index (χ1) is 12.9. The van der Waals surface area contributed by atoms with Gasteiger partial charge in [-0.25, -0.2) is 9.78 Å². The Labute approximate surface area is 159 Å². The van der Waals surface area contributed by atoms with Crippen molar-refractivity contribution in [2.75, 3.05) is 6.54 Å². The smallest absolute Gasteiger partial charge is 0.331 e. The molecule has 0 saturated heterocycles. The molecule has 27 heavy (non-hydrogen) atoms. The fourth-order valence-corrected chi connectivity index (χ4v) is 4.76. The molecule has 7 nitrogen and oxygen atoms in total. The van der Waals surface area contributed by atoms with Crippen molar-refractivity contribution in [2.45, 2.75) is 25.8 Å². The molecule has 0 spiro atoms. The molecule has 1 unspecified atom stereocenters. The zero-order chi connectivity index (χ0) is 19.3. The van der Waals surface area contributed by atoms with Crippen LogP contribution in [0.5, 0.6) is 0 Å². The molecule has 0 radical (unpaired) electrons. The van der Waals surface area contributed by atoms with E-state index in [1.165, 1.54) is 28.3 Å². The molecule has 1 aliphatic heterocycles. The number of hydrogen-bond donors (Lipinski definition) is 0. The van der Waals surface area contributed by atoms with Gasteiger partial charge in [0.05, 0.1) is 17.0 Å². The van der Waals surface area contributed by atoms with E-state index >= 15 is 0 Å². The van der Waals surface area contributed by atoms with Gasteiger partial charge in [0.2, 0.25) is 0 Å². The van der Waals surface area contributed by atoms with Gasteiger partial charge in [0.15, 0.2) is 0 Å². The first-order valence-corrected chi connectivity index (χ1v) is 9.75. The molecule has 4 rings (SSSR count). The van der Waals surface area contributed by atoms with Crippen LogP contribution in [-0.4, -0.2) is 31.5 Å². The third kappa shape index (κ3) is 2.63. The lowest BCUT2D eigenvalue weighted by molar-refractivity contribution is 0.0657. The van der Waals surface area contributed by atoms with Crippen LogP contribution in [0.25, 0.3) is 11.0 Å². The van der Waals surface area contributed by atoms with Gasteiger partial charge in [0.25, 0.3) is 11.5 Å². The number of hydrogen-bond acceptors (Lipinski definition) is 5. The summed E-state index contributed by atoms with van der Waals surface area (Å²) in [4.78, 5) is 45.2. The molecule has 1 atom stereocenters. The van der Waals surface area contributed by atoms with E-state index in [4.69, 9.17) is 0 Å². The molecule has 3 aromatic rings. The molecule has 1 amide bonds. The van der Waals surface area contributed by atoms with Crippen LogP contribution in [0.15, 0.2) is 33.3 Å². The second-order valence-corrected chi connectivity index (χ2v) is 7.77. The monoisotopic (exact) mass is 384 g/mol. The number of fused-ring (bicyclic) bond motifs is 2. The Bertz CT molecular complexity index is 1170. The van der Waals surface area contributed by atoms with E-state index in [-0.39, 0.29) is 23.0 Å². The van der Waals surface area contributed by atoms with Crippen LogP contribution < -0.4 is 11.2 Å². The Balaban J connectivity index is 1.80. The Morgan fingerprint density at radius 2 is 2.07 bits per heavy atom. The minimum absolute atomic E-state index is 0.0335. The molecular formula is C19H20N4O3S. The Morgan fingerprint density at radius 1 is 1.30 bits per heavy atom. The number of pyridine rings is 1. The fourth-order valence-electron chi connectivity index (χ4n) is 3.83. The average Bonchev–Trinajstić information content (AvgIpc) is 3.17. The molecule has 4 heterocycles. The molecule has 8 heteroatoms. The van der Waals surface area contributed by atoms with Crippen molar-refractivity contribution in [2.24, 2.45) is 14.1 Å². The highest BCUT2D eigenvalue weighted by Gasteiger charge is 2.31. The minimum Gasteiger partial charge on any atom is -0.331 e. The maximum absolute atomic E-state index is 13.2. The van der Waals surface area contributed by atoms with Gasteiger partial charge in [0.1, 0.15) is 5.65 Å². The van der Waals surface area contributed by atoms with Crippen LogP contribution in [0.3, 0.4) is 0 Å². The van der Waals surface area contributed by atoms with Gasteiger partial charge in [0, 0.05) is 31.7 Å².